The number of halogens is 1. The maximum Gasteiger partial charge on any atom is 0.315 e. The Morgan fingerprint density at radius 3 is 2.17 bits per heavy atom. The first-order chi connectivity index (χ1) is 11.0. The molecule has 4 rings (SSSR count). The van der Waals surface area contributed by atoms with Gasteiger partial charge in [0, 0.05) is 31.1 Å². The molecule has 0 radical (unpaired) electrons. The van der Waals surface area contributed by atoms with Crippen LogP contribution in [0, 0.1) is 17.8 Å². The van der Waals surface area contributed by atoms with Crippen molar-refractivity contribution in [2.24, 2.45) is 23.5 Å². The van der Waals surface area contributed by atoms with Crippen molar-refractivity contribution in [3.63, 3.8) is 0 Å². The molecule has 5 N–H and O–H groups in total. The fraction of sp³-hybridized carbons (Fsp3) is 0.882. The van der Waals surface area contributed by atoms with Gasteiger partial charge in [-0.25, -0.2) is 4.79 Å². The van der Waals surface area contributed by atoms with Crippen LogP contribution in [-0.2, 0) is 4.79 Å². The predicted molar refractivity (Wildman–Crippen MR) is 96.0 cm³/mol. The van der Waals surface area contributed by atoms with Gasteiger partial charge in [0.1, 0.15) is 0 Å². The number of nitrogens with two attached hydrogens (primary N) is 1. The third kappa shape index (κ3) is 4.54. The van der Waals surface area contributed by atoms with Gasteiger partial charge in [0.2, 0.25) is 5.91 Å². The minimum atomic E-state index is -0.119. The fourth-order valence-corrected chi connectivity index (χ4v) is 5.24. The highest BCUT2D eigenvalue weighted by molar-refractivity contribution is 5.85. The molecule has 0 aromatic carbocycles. The molecule has 0 aromatic rings. The molecule has 7 heteroatoms. The Morgan fingerprint density at radius 1 is 1.12 bits per heavy atom. The number of rotatable bonds is 6. The molecule has 4 aliphatic carbocycles. The van der Waals surface area contributed by atoms with Gasteiger partial charge in [0.15, 0.2) is 0 Å². The van der Waals surface area contributed by atoms with E-state index < -0.39 is 0 Å². The van der Waals surface area contributed by atoms with Crippen LogP contribution in [0.15, 0.2) is 0 Å². The van der Waals surface area contributed by atoms with E-state index in [-0.39, 0.29) is 35.9 Å². The summed E-state index contributed by atoms with van der Waals surface area (Å²) in [6, 6.07) is -0.144. The van der Waals surface area contributed by atoms with Gasteiger partial charge in [-0.05, 0) is 63.2 Å². The lowest BCUT2D eigenvalue weighted by Crippen LogP contribution is -2.61. The standard InChI is InChI=1S/C17H30N4O2.ClH/c1-11(10-18)20-15(22)2-3-19-16(23)21-17-7-12-4-13(8-17)6-14(5-12)9-17;/h11-14H,2-10,18H2,1H3,(H,20,22)(H2,19,21,23);1H/t11-,12?,13?,14?,17?;/m0./s1. The van der Waals surface area contributed by atoms with Crippen molar-refractivity contribution in [1.82, 2.24) is 16.0 Å². The van der Waals surface area contributed by atoms with E-state index in [1.807, 2.05) is 6.92 Å². The molecule has 4 saturated carbocycles. The van der Waals surface area contributed by atoms with Crippen LogP contribution >= 0.6 is 12.4 Å². The Hall–Kier alpha value is -1.01. The first-order valence-electron chi connectivity index (χ1n) is 9.03. The van der Waals surface area contributed by atoms with Crippen molar-refractivity contribution in [2.45, 2.75) is 63.5 Å². The smallest absolute Gasteiger partial charge is 0.315 e. The molecule has 4 aliphatic rings. The lowest BCUT2D eigenvalue weighted by atomic mass is 9.53. The molecule has 24 heavy (non-hydrogen) atoms. The predicted octanol–water partition coefficient (Wildman–Crippen LogP) is 1.53. The Kier molecular flexibility index (Phi) is 6.37. The molecule has 6 nitrogen and oxygen atoms in total. The molecular formula is C17H31ClN4O2. The van der Waals surface area contributed by atoms with Crippen LogP contribution in [0.2, 0.25) is 0 Å². The number of carbonyl (C=O) groups excluding carboxylic acids is 2. The molecular weight excluding hydrogens is 328 g/mol. The number of amides is 3. The average Bonchev–Trinajstić information content (AvgIpc) is 2.44. The second-order valence-corrected chi connectivity index (χ2v) is 8.03. The van der Waals surface area contributed by atoms with Gasteiger partial charge in [-0.2, -0.15) is 0 Å². The SMILES string of the molecule is C[C@@H](CN)NC(=O)CCNC(=O)NC12CC3CC(CC(C3)C1)C2.Cl. The van der Waals surface area contributed by atoms with Crippen molar-refractivity contribution in [1.29, 1.82) is 0 Å². The molecule has 0 unspecified atom stereocenters. The number of hydrogen-bond donors (Lipinski definition) is 4. The molecule has 0 saturated heterocycles. The van der Waals surface area contributed by atoms with E-state index in [2.05, 4.69) is 16.0 Å². The zero-order valence-corrected chi connectivity index (χ0v) is 15.3. The molecule has 0 aromatic heterocycles. The molecule has 1 atom stereocenters. The van der Waals surface area contributed by atoms with Gasteiger partial charge >= 0.3 is 6.03 Å². The van der Waals surface area contributed by atoms with Crippen LogP contribution in [0.5, 0.6) is 0 Å². The lowest BCUT2D eigenvalue weighted by Gasteiger charge is -2.56. The summed E-state index contributed by atoms with van der Waals surface area (Å²) in [5.41, 5.74) is 5.49. The summed E-state index contributed by atoms with van der Waals surface area (Å²) in [4.78, 5) is 23.9. The minimum Gasteiger partial charge on any atom is -0.352 e. The van der Waals surface area contributed by atoms with E-state index in [1.165, 1.54) is 19.3 Å². The summed E-state index contributed by atoms with van der Waals surface area (Å²) in [5, 5.41) is 8.88. The topological polar surface area (TPSA) is 96.2 Å². The summed E-state index contributed by atoms with van der Waals surface area (Å²) < 4.78 is 0. The first-order valence-corrected chi connectivity index (χ1v) is 9.03. The summed E-state index contributed by atoms with van der Waals surface area (Å²) in [6.45, 7) is 2.65. The zero-order chi connectivity index (χ0) is 16.4. The normalized spacial score (nSPS) is 34.2. The van der Waals surface area contributed by atoms with Crippen molar-refractivity contribution in [2.75, 3.05) is 13.1 Å². The third-order valence-corrected chi connectivity index (χ3v) is 5.82. The quantitative estimate of drug-likeness (QED) is 0.579. The van der Waals surface area contributed by atoms with Crippen molar-refractivity contribution >= 4 is 24.3 Å². The highest BCUT2D eigenvalue weighted by atomic mass is 35.5. The third-order valence-electron chi connectivity index (χ3n) is 5.82. The minimum absolute atomic E-state index is 0. The van der Waals surface area contributed by atoms with Gasteiger partial charge < -0.3 is 21.7 Å². The van der Waals surface area contributed by atoms with Gasteiger partial charge in [-0.1, -0.05) is 0 Å². The van der Waals surface area contributed by atoms with Gasteiger partial charge in [0.05, 0.1) is 0 Å². The average molecular weight is 359 g/mol. The lowest BCUT2D eigenvalue weighted by molar-refractivity contribution is -0.121. The molecule has 4 fully saturated rings. The summed E-state index contributed by atoms with van der Waals surface area (Å²) in [5.74, 6) is 2.36. The van der Waals surface area contributed by atoms with E-state index in [1.54, 1.807) is 0 Å². The molecule has 138 valence electrons. The van der Waals surface area contributed by atoms with E-state index in [0.29, 0.717) is 19.5 Å². The van der Waals surface area contributed by atoms with Gasteiger partial charge in [-0.3, -0.25) is 4.79 Å². The van der Waals surface area contributed by atoms with Gasteiger partial charge in [0.25, 0.3) is 0 Å². The second-order valence-electron chi connectivity index (χ2n) is 8.03. The van der Waals surface area contributed by atoms with Crippen LogP contribution in [0.1, 0.15) is 51.9 Å². The highest BCUT2D eigenvalue weighted by Crippen LogP contribution is 2.55. The van der Waals surface area contributed by atoms with E-state index in [0.717, 1.165) is 37.0 Å². The summed E-state index contributed by atoms with van der Waals surface area (Å²) >= 11 is 0. The second kappa shape index (κ2) is 7.91. The Bertz CT molecular complexity index is 436. The number of hydrogen-bond acceptors (Lipinski definition) is 3. The van der Waals surface area contributed by atoms with Crippen LogP contribution < -0.4 is 21.7 Å². The van der Waals surface area contributed by atoms with Crippen LogP contribution in [0.4, 0.5) is 4.79 Å². The Morgan fingerprint density at radius 2 is 1.67 bits per heavy atom. The number of carbonyl (C=O) groups is 2. The van der Waals surface area contributed by atoms with Crippen molar-refractivity contribution in [3.8, 4) is 0 Å². The molecule has 4 bridgehead atoms. The largest absolute Gasteiger partial charge is 0.352 e. The maximum absolute atomic E-state index is 12.2. The fourth-order valence-electron chi connectivity index (χ4n) is 5.24. The van der Waals surface area contributed by atoms with E-state index >= 15 is 0 Å². The van der Waals surface area contributed by atoms with E-state index in [4.69, 9.17) is 5.73 Å². The monoisotopic (exact) mass is 358 g/mol. The van der Waals surface area contributed by atoms with Crippen molar-refractivity contribution < 1.29 is 9.59 Å². The van der Waals surface area contributed by atoms with E-state index in [9.17, 15) is 9.59 Å². The molecule has 0 aliphatic heterocycles. The zero-order valence-electron chi connectivity index (χ0n) is 14.5. The molecule has 3 amide bonds. The van der Waals surface area contributed by atoms with Gasteiger partial charge in [-0.15, -0.1) is 12.4 Å². The number of nitrogens with one attached hydrogen (secondary N) is 3. The summed E-state index contributed by atoms with van der Waals surface area (Å²) in [6.07, 6.45) is 7.80. The molecule has 0 heterocycles. The maximum atomic E-state index is 12.2. The van der Waals surface area contributed by atoms with Crippen LogP contribution in [-0.4, -0.2) is 36.6 Å². The Labute approximate surface area is 150 Å². The Balaban J connectivity index is 0.00000208. The van der Waals surface area contributed by atoms with Crippen LogP contribution in [0.25, 0.3) is 0 Å². The first kappa shape index (κ1) is 19.3. The summed E-state index contributed by atoms with van der Waals surface area (Å²) in [7, 11) is 0. The highest BCUT2D eigenvalue weighted by Gasteiger charge is 2.51. The van der Waals surface area contributed by atoms with Crippen molar-refractivity contribution in [3.05, 3.63) is 0 Å². The van der Waals surface area contributed by atoms with Crippen LogP contribution in [0.3, 0.4) is 0 Å². The number of urea groups is 1. The molecule has 0 spiro atoms.